The fourth-order valence-corrected chi connectivity index (χ4v) is 5.63. The number of piperazine rings is 1. The Hall–Kier alpha value is -3.43. The minimum absolute atomic E-state index is 0.192. The molecule has 2 aromatic heterocycles. The molecule has 0 radical (unpaired) electrons. The molecule has 3 aromatic carbocycles. The number of fused-ring (bicyclic) bond motifs is 2. The Morgan fingerprint density at radius 2 is 1.76 bits per heavy atom. The summed E-state index contributed by atoms with van der Waals surface area (Å²) in [5, 5.41) is 13.6. The van der Waals surface area contributed by atoms with Crippen LogP contribution in [0.4, 0.5) is 15.8 Å². The van der Waals surface area contributed by atoms with Crippen molar-refractivity contribution in [3.8, 4) is 11.1 Å². The second-order valence-electron chi connectivity index (χ2n) is 9.41. The van der Waals surface area contributed by atoms with Gasteiger partial charge >= 0.3 is 0 Å². The van der Waals surface area contributed by atoms with E-state index in [1.54, 1.807) is 23.6 Å². The molecule has 1 aliphatic rings. The van der Waals surface area contributed by atoms with Crippen LogP contribution in [-0.4, -0.2) is 64.2 Å². The number of benzene rings is 3. The molecule has 3 heterocycles. The maximum absolute atomic E-state index is 15.3. The Bertz CT molecular complexity index is 1550. The summed E-state index contributed by atoms with van der Waals surface area (Å²) in [4.78, 5) is 13.5. The number of halogens is 1. The molecule has 0 amide bonds. The Kier molecular flexibility index (Phi) is 6.80. The fourth-order valence-electron chi connectivity index (χ4n) is 4.98. The summed E-state index contributed by atoms with van der Waals surface area (Å²) in [6, 6.07) is 19.5. The van der Waals surface area contributed by atoms with Crippen molar-refractivity contribution in [3.05, 3.63) is 83.8 Å². The van der Waals surface area contributed by atoms with E-state index in [0.717, 1.165) is 82.9 Å². The molecule has 8 heteroatoms. The zero-order valence-corrected chi connectivity index (χ0v) is 21.2. The van der Waals surface area contributed by atoms with Gasteiger partial charge < -0.3 is 10.4 Å². The number of aromatic nitrogens is 2. The summed E-state index contributed by atoms with van der Waals surface area (Å²) in [5.41, 5.74) is 7.89. The van der Waals surface area contributed by atoms with Crippen LogP contribution in [0.5, 0.6) is 0 Å². The molecule has 2 N–H and O–H groups in total. The van der Waals surface area contributed by atoms with E-state index >= 15 is 4.39 Å². The molecule has 0 unspecified atom stereocenters. The van der Waals surface area contributed by atoms with Crippen LogP contribution in [0.3, 0.4) is 0 Å². The van der Waals surface area contributed by atoms with Crippen molar-refractivity contribution in [2.45, 2.75) is 6.54 Å². The van der Waals surface area contributed by atoms with Gasteiger partial charge in [0.15, 0.2) is 0 Å². The minimum Gasteiger partial charge on any atom is -0.395 e. The molecule has 0 spiro atoms. The van der Waals surface area contributed by atoms with E-state index in [1.807, 2.05) is 54.0 Å². The van der Waals surface area contributed by atoms with E-state index in [-0.39, 0.29) is 12.4 Å². The summed E-state index contributed by atoms with van der Waals surface area (Å²) in [7, 11) is 0. The molecule has 37 heavy (non-hydrogen) atoms. The molecule has 5 aromatic rings. The quantitative estimate of drug-likeness (QED) is 0.300. The highest BCUT2D eigenvalue weighted by atomic mass is 32.1. The van der Waals surface area contributed by atoms with Gasteiger partial charge in [-0.3, -0.25) is 14.8 Å². The van der Waals surface area contributed by atoms with Gasteiger partial charge in [0.05, 0.1) is 27.9 Å². The van der Waals surface area contributed by atoms with Crippen LogP contribution in [0.25, 0.3) is 32.2 Å². The lowest BCUT2D eigenvalue weighted by Gasteiger charge is -2.34. The van der Waals surface area contributed by atoms with Crippen LogP contribution < -0.4 is 5.32 Å². The molecule has 1 fully saturated rings. The van der Waals surface area contributed by atoms with E-state index in [4.69, 9.17) is 5.11 Å². The fraction of sp³-hybridized carbons (Fsp3) is 0.241. The third-order valence-corrected chi connectivity index (χ3v) is 7.79. The first-order chi connectivity index (χ1) is 18.2. The summed E-state index contributed by atoms with van der Waals surface area (Å²) in [5.74, 6) is -0.219. The zero-order valence-electron chi connectivity index (χ0n) is 20.4. The molecule has 0 aliphatic carbocycles. The highest BCUT2D eigenvalue weighted by Gasteiger charge is 2.17. The molecule has 1 saturated heterocycles. The van der Waals surface area contributed by atoms with Crippen molar-refractivity contribution in [1.82, 2.24) is 19.8 Å². The number of anilines is 2. The molecule has 188 valence electrons. The number of nitrogens with one attached hydrogen (secondary N) is 1. The van der Waals surface area contributed by atoms with Crippen LogP contribution in [0.1, 0.15) is 5.56 Å². The number of hydrogen-bond acceptors (Lipinski definition) is 7. The van der Waals surface area contributed by atoms with Crippen molar-refractivity contribution in [2.75, 3.05) is 44.6 Å². The smallest absolute Gasteiger partial charge is 0.131 e. The number of pyridine rings is 1. The number of thiazole rings is 1. The molecule has 0 saturated carbocycles. The van der Waals surface area contributed by atoms with Crippen molar-refractivity contribution >= 4 is 43.8 Å². The molecule has 1 aliphatic heterocycles. The lowest BCUT2D eigenvalue weighted by molar-refractivity contribution is 0.108. The van der Waals surface area contributed by atoms with Crippen LogP contribution in [0.2, 0.25) is 0 Å². The summed E-state index contributed by atoms with van der Waals surface area (Å²) in [6.07, 6.45) is 1.78. The second-order valence-corrected chi connectivity index (χ2v) is 10.3. The molecular formula is C29H28FN5OS. The molecule has 6 rings (SSSR count). The summed E-state index contributed by atoms with van der Waals surface area (Å²) >= 11 is 1.62. The standard InChI is InChI=1S/C29H28FN5OS/c30-25-15-20(18-35-11-9-34(10-12-35)13-14-36)1-4-23(25)21-2-5-26-24(16-21)27(7-8-31-26)33-22-3-6-29-28(17-22)32-19-37-29/h1-8,15-17,19,36H,9-14,18H2,(H,31,33). The Balaban J connectivity index is 1.23. The van der Waals surface area contributed by atoms with E-state index in [2.05, 4.69) is 31.2 Å². The van der Waals surface area contributed by atoms with Crippen molar-refractivity contribution in [3.63, 3.8) is 0 Å². The number of hydrogen-bond donors (Lipinski definition) is 2. The lowest BCUT2D eigenvalue weighted by atomic mass is 10.00. The first kappa shape index (κ1) is 23.9. The van der Waals surface area contributed by atoms with Crippen molar-refractivity contribution in [2.24, 2.45) is 0 Å². The average Bonchev–Trinajstić information content (AvgIpc) is 3.38. The van der Waals surface area contributed by atoms with E-state index in [0.29, 0.717) is 5.56 Å². The van der Waals surface area contributed by atoms with Crippen molar-refractivity contribution < 1.29 is 9.50 Å². The summed E-state index contributed by atoms with van der Waals surface area (Å²) in [6.45, 7) is 5.34. The maximum Gasteiger partial charge on any atom is 0.131 e. The number of rotatable bonds is 7. The van der Waals surface area contributed by atoms with Crippen LogP contribution in [0, 0.1) is 5.82 Å². The van der Waals surface area contributed by atoms with Gasteiger partial charge in [0.1, 0.15) is 5.82 Å². The zero-order chi connectivity index (χ0) is 25.2. The molecular weight excluding hydrogens is 485 g/mol. The van der Waals surface area contributed by atoms with E-state index < -0.39 is 0 Å². The molecule has 6 nitrogen and oxygen atoms in total. The summed E-state index contributed by atoms with van der Waals surface area (Å²) < 4.78 is 16.5. The van der Waals surface area contributed by atoms with Crippen LogP contribution >= 0.6 is 11.3 Å². The third-order valence-electron chi connectivity index (χ3n) is 6.98. The minimum atomic E-state index is -0.219. The number of nitrogens with zero attached hydrogens (tertiary/aromatic N) is 4. The van der Waals surface area contributed by atoms with Gasteiger partial charge in [-0.25, -0.2) is 9.37 Å². The highest BCUT2D eigenvalue weighted by Crippen LogP contribution is 2.32. The van der Waals surface area contributed by atoms with Crippen LogP contribution in [0.15, 0.2) is 72.4 Å². The first-order valence-corrected chi connectivity index (χ1v) is 13.4. The first-order valence-electron chi connectivity index (χ1n) is 12.5. The van der Waals surface area contributed by atoms with Gasteiger partial charge in [0, 0.05) is 67.8 Å². The normalized spacial score (nSPS) is 15.0. The SMILES string of the molecule is OCCN1CCN(Cc2ccc(-c3ccc4nccc(Nc5ccc6scnc6c5)c4c3)c(F)c2)CC1. The van der Waals surface area contributed by atoms with E-state index in [9.17, 15) is 0 Å². The van der Waals surface area contributed by atoms with Gasteiger partial charge in [-0.05, 0) is 53.6 Å². The predicted molar refractivity (Wildman–Crippen MR) is 149 cm³/mol. The van der Waals surface area contributed by atoms with Gasteiger partial charge in [0.2, 0.25) is 0 Å². The number of aliphatic hydroxyl groups excluding tert-OH is 1. The maximum atomic E-state index is 15.3. The molecule has 0 bridgehead atoms. The van der Waals surface area contributed by atoms with E-state index in [1.165, 1.54) is 0 Å². The topological polar surface area (TPSA) is 64.5 Å². The Morgan fingerprint density at radius 1 is 0.892 bits per heavy atom. The number of β-amino-alcohol motifs (C(OH)–C–C–N with tert-alkyl or cyclic N) is 1. The van der Waals surface area contributed by atoms with Crippen molar-refractivity contribution in [1.29, 1.82) is 0 Å². The Labute approximate surface area is 219 Å². The van der Waals surface area contributed by atoms with Gasteiger partial charge in [-0.1, -0.05) is 18.2 Å². The monoisotopic (exact) mass is 513 g/mol. The average molecular weight is 514 g/mol. The highest BCUT2D eigenvalue weighted by molar-refractivity contribution is 7.16. The Morgan fingerprint density at radius 3 is 2.59 bits per heavy atom. The van der Waals surface area contributed by atoms with Gasteiger partial charge in [-0.15, -0.1) is 11.3 Å². The second kappa shape index (κ2) is 10.5. The largest absolute Gasteiger partial charge is 0.395 e. The number of aliphatic hydroxyl groups is 1. The van der Waals surface area contributed by atoms with Gasteiger partial charge in [0.25, 0.3) is 0 Å². The predicted octanol–water partition coefficient (Wildman–Crippen LogP) is 5.50. The lowest BCUT2D eigenvalue weighted by Crippen LogP contribution is -2.46. The van der Waals surface area contributed by atoms with Gasteiger partial charge in [-0.2, -0.15) is 0 Å². The van der Waals surface area contributed by atoms with Crippen LogP contribution in [-0.2, 0) is 6.54 Å². The third kappa shape index (κ3) is 5.19. The molecule has 0 atom stereocenters.